The van der Waals surface area contributed by atoms with Crippen molar-refractivity contribution in [1.82, 2.24) is 5.32 Å². The molecule has 1 heterocycles. The molecule has 0 saturated carbocycles. The van der Waals surface area contributed by atoms with Crippen LogP contribution < -0.4 is 5.32 Å². The van der Waals surface area contributed by atoms with Crippen LogP contribution in [0.5, 0.6) is 0 Å². The Bertz CT molecular complexity index is 386. The summed E-state index contributed by atoms with van der Waals surface area (Å²) in [5.41, 5.74) is 0.876. The maximum absolute atomic E-state index is 10.8. The molecule has 3 nitrogen and oxygen atoms in total. The third-order valence-electron chi connectivity index (χ3n) is 2.01. The molecular formula is C9H8BrCl2NO2. The predicted octanol–water partition coefficient (Wildman–Crippen LogP) is 3.31. The van der Waals surface area contributed by atoms with E-state index in [1.165, 1.54) is 0 Å². The number of cyclic esters (lactones) is 1. The van der Waals surface area contributed by atoms with Gasteiger partial charge in [0.15, 0.2) is 0 Å². The van der Waals surface area contributed by atoms with Gasteiger partial charge in [0.2, 0.25) is 0 Å². The van der Waals surface area contributed by atoms with Crippen molar-refractivity contribution in [1.29, 1.82) is 0 Å². The van der Waals surface area contributed by atoms with Crippen molar-refractivity contribution in [3.05, 3.63) is 33.3 Å². The van der Waals surface area contributed by atoms with Gasteiger partial charge in [-0.25, -0.2) is 4.79 Å². The standard InChI is InChI=1S/C9H7BrClNO2.ClH/c10-5-1-2-6(7(11)3-5)8-4-14-9(13)12-8;/h1-3,8H,4H2,(H,12,13);1H/t8-;/m1./s1. The quantitative estimate of drug-likeness (QED) is 0.864. The minimum absolute atomic E-state index is 0. The first-order chi connectivity index (χ1) is 6.66. The lowest BCUT2D eigenvalue weighted by Crippen LogP contribution is -2.18. The minimum atomic E-state index is -0.394. The molecule has 1 aromatic carbocycles. The number of hydrogen-bond acceptors (Lipinski definition) is 2. The van der Waals surface area contributed by atoms with Crippen molar-refractivity contribution in [2.24, 2.45) is 0 Å². The molecule has 15 heavy (non-hydrogen) atoms. The number of carbonyl (C=O) groups excluding carboxylic acids is 1. The Balaban J connectivity index is 0.00000112. The zero-order valence-corrected chi connectivity index (χ0v) is 10.7. The van der Waals surface area contributed by atoms with E-state index in [1.54, 1.807) is 6.07 Å². The lowest BCUT2D eigenvalue weighted by molar-refractivity contribution is 0.177. The van der Waals surface area contributed by atoms with E-state index in [0.29, 0.717) is 11.6 Å². The molecule has 1 fully saturated rings. The second-order valence-electron chi connectivity index (χ2n) is 2.96. The number of ether oxygens (including phenoxy) is 1. The number of rotatable bonds is 1. The average Bonchev–Trinajstić information content (AvgIpc) is 2.51. The highest BCUT2D eigenvalue weighted by Crippen LogP contribution is 2.28. The Labute approximate surface area is 107 Å². The van der Waals surface area contributed by atoms with E-state index >= 15 is 0 Å². The summed E-state index contributed by atoms with van der Waals surface area (Å²) in [5, 5.41) is 3.29. The topological polar surface area (TPSA) is 38.3 Å². The fourth-order valence-electron chi connectivity index (χ4n) is 1.34. The van der Waals surface area contributed by atoms with Gasteiger partial charge in [0.25, 0.3) is 0 Å². The maximum Gasteiger partial charge on any atom is 0.407 e. The van der Waals surface area contributed by atoms with Crippen LogP contribution in [0.25, 0.3) is 0 Å². The molecule has 1 aromatic rings. The first-order valence-electron chi connectivity index (χ1n) is 4.05. The number of hydrogen-bond donors (Lipinski definition) is 1. The van der Waals surface area contributed by atoms with Crippen LogP contribution in [0.15, 0.2) is 22.7 Å². The molecule has 1 N–H and O–H groups in total. The Hall–Kier alpha value is -0.450. The van der Waals surface area contributed by atoms with Gasteiger partial charge in [-0.05, 0) is 17.7 Å². The van der Waals surface area contributed by atoms with Crippen molar-refractivity contribution in [3.8, 4) is 0 Å². The Morgan fingerprint density at radius 3 is 2.80 bits per heavy atom. The molecule has 0 aliphatic carbocycles. The van der Waals surface area contributed by atoms with Crippen molar-refractivity contribution < 1.29 is 9.53 Å². The molecule has 1 atom stereocenters. The summed E-state index contributed by atoms with van der Waals surface area (Å²) in [7, 11) is 0. The number of halogens is 3. The fourth-order valence-corrected chi connectivity index (χ4v) is 2.14. The second kappa shape index (κ2) is 5.05. The molecule has 6 heteroatoms. The summed E-state index contributed by atoms with van der Waals surface area (Å²) in [4.78, 5) is 10.8. The van der Waals surface area contributed by atoms with Crippen LogP contribution in [0, 0.1) is 0 Å². The van der Waals surface area contributed by atoms with Crippen LogP contribution in [0.4, 0.5) is 4.79 Å². The van der Waals surface area contributed by atoms with E-state index < -0.39 is 6.09 Å². The van der Waals surface area contributed by atoms with Gasteiger partial charge in [-0.15, -0.1) is 12.4 Å². The highest BCUT2D eigenvalue weighted by Gasteiger charge is 2.25. The van der Waals surface area contributed by atoms with Gasteiger partial charge in [-0.3, -0.25) is 0 Å². The fraction of sp³-hybridized carbons (Fsp3) is 0.222. The highest BCUT2D eigenvalue weighted by molar-refractivity contribution is 9.10. The number of amides is 1. The maximum atomic E-state index is 10.8. The minimum Gasteiger partial charge on any atom is -0.447 e. The lowest BCUT2D eigenvalue weighted by atomic mass is 10.1. The van der Waals surface area contributed by atoms with Gasteiger partial charge in [0, 0.05) is 9.50 Å². The Morgan fingerprint density at radius 2 is 2.27 bits per heavy atom. The van der Waals surface area contributed by atoms with Crippen molar-refractivity contribution in [2.45, 2.75) is 6.04 Å². The number of alkyl carbamates (subject to hydrolysis) is 1. The first-order valence-corrected chi connectivity index (χ1v) is 5.22. The van der Waals surface area contributed by atoms with Gasteiger partial charge in [-0.1, -0.05) is 33.6 Å². The van der Waals surface area contributed by atoms with Crippen LogP contribution in [0.1, 0.15) is 11.6 Å². The third kappa shape index (κ3) is 2.77. The molecular weight excluding hydrogens is 305 g/mol. The smallest absolute Gasteiger partial charge is 0.407 e. The van der Waals surface area contributed by atoms with E-state index in [4.69, 9.17) is 16.3 Å². The van der Waals surface area contributed by atoms with Gasteiger partial charge in [0.1, 0.15) is 6.61 Å². The van der Waals surface area contributed by atoms with E-state index in [2.05, 4.69) is 21.2 Å². The molecule has 0 aromatic heterocycles. The van der Waals surface area contributed by atoms with Crippen LogP contribution in [0.3, 0.4) is 0 Å². The molecule has 0 radical (unpaired) electrons. The van der Waals surface area contributed by atoms with E-state index in [0.717, 1.165) is 10.0 Å². The molecule has 1 aliphatic heterocycles. The molecule has 0 spiro atoms. The predicted molar refractivity (Wildman–Crippen MR) is 63.6 cm³/mol. The van der Waals surface area contributed by atoms with Crippen molar-refractivity contribution >= 4 is 46.0 Å². The van der Waals surface area contributed by atoms with Crippen molar-refractivity contribution in [3.63, 3.8) is 0 Å². The normalized spacial score (nSPS) is 19.1. The molecule has 1 amide bonds. The summed E-state index contributed by atoms with van der Waals surface area (Å²) in [6.45, 7) is 0.334. The summed E-state index contributed by atoms with van der Waals surface area (Å²) >= 11 is 9.33. The average molecular weight is 313 g/mol. The summed E-state index contributed by atoms with van der Waals surface area (Å²) < 4.78 is 5.70. The first kappa shape index (κ1) is 12.6. The summed E-state index contributed by atoms with van der Waals surface area (Å²) in [6.07, 6.45) is -0.394. The molecule has 1 saturated heterocycles. The second-order valence-corrected chi connectivity index (χ2v) is 4.28. The SMILES string of the molecule is Cl.O=C1N[C@@H](c2ccc(Br)cc2Cl)CO1. The highest BCUT2D eigenvalue weighted by atomic mass is 79.9. The van der Waals surface area contributed by atoms with E-state index in [-0.39, 0.29) is 18.4 Å². The van der Waals surface area contributed by atoms with Gasteiger partial charge in [-0.2, -0.15) is 0 Å². The summed E-state index contributed by atoms with van der Waals surface area (Å²) in [6, 6.07) is 5.40. The molecule has 1 aliphatic rings. The number of carbonyl (C=O) groups is 1. The van der Waals surface area contributed by atoms with Crippen LogP contribution in [-0.4, -0.2) is 12.7 Å². The zero-order valence-electron chi connectivity index (χ0n) is 7.50. The van der Waals surface area contributed by atoms with Crippen LogP contribution in [-0.2, 0) is 4.74 Å². The lowest BCUT2D eigenvalue weighted by Gasteiger charge is -2.09. The molecule has 82 valence electrons. The molecule has 0 bridgehead atoms. The zero-order chi connectivity index (χ0) is 10.1. The van der Waals surface area contributed by atoms with Gasteiger partial charge >= 0.3 is 6.09 Å². The third-order valence-corrected chi connectivity index (χ3v) is 2.83. The molecule has 0 unspecified atom stereocenters. The van der Waals surface area contributed by atoms with Crippen LogP contribution >= 0.6 is 39.9 Å². The largest absolute Gasteiger partial charge is 0.447 e. The van der Waals surface area contributed by atoms with Gasteiger partial charge in [0.05, 0.1) is 6.04 Å². The van der Waals surface area contributed by atoms with Crippen molar-refractivity contribution in [2.75, 3.05) is 6.61 Å². The van der Waals surface area contributed by atoms with Gasteiger partial charge < -0.3 is 10.1 Å². The monoisotopic (exact) mass is 311 g/mol. The van der Waals surface area contributed by atoms with Crippen LogP contribution in [0.2, 0.25) is 5.02 Å². The number of nitrogens with one attached hydrogen (secondary N) is 1. The van der Waals surface area contributed by atoms with E-state index in [9.17, 15) is 4.79 Å². The molecule has 2 rings (SSSR count). The Morgan fingerprint density at radius 1 is 1.53 bits per heavy atom. The summed E-state index contributed by atoms with van der Waals surface area (Å²) in [5.74, 6) is 0. The Kier molecular flexibility index (Phi) is 4.25. The number of benzene rings is 1. The van der Waals surface area contributed by atoms with E-state index in [1.807, 2.05) is 12.1 Å².